The molecule has 0 aliphatic heterocycles. The second-order valence-corrected chi connectivity index (χ2v) is 6.06. The molecule has 0 bridgehead atoms. The number of nitrogens with zero attached hydrogens (tertiary/aromatic N) is 6. The largest absolute Gasteiger partial charge is 0.357 e. The van der Waals surface area contributed by atoms with Crippen LogP contribution >= 0.6 is 0 Å². The number of hydrogen-bond donors (Lipinski definition) is 1. The fourth-order valence-corrected chi connectivity index (χ4v) is 2.23. The molecule has 8 nitrogen and oxygen atoms in total. The lowest BCUT2D eigenvalue weighted by Gasteiger charge is -2.21. The van der Waals surface area contributed by atoms with Gasteiger partial charge >= 0.3 is 0 Å². The Morgan fingerprint density at radius 2 is 2.25 bits per heavy atom. The minimum atomic E-state index is 0.272. The van der Waals surface area contributed by atoms with Crippen molar-refractivity contribution in [3.63, 3.8) is 0 Å². The van der Waals surface area contributed by atoms with Gasteiger partial charge in [0.05, 0.1) is 12.7 Å². The Kier molecular flexibility index (Phi) is 6.34. The normalized spacial score (nSPS) is 12.0. The molecule has 0 radical (unpaired) electrons. The predicted molar refractivity (Wildman–Crippen MR) is 92.7 cm³/mol. The Morgan fingerprint density at radius 3 is 2.83 bits per heavy atom. The van der Waals surface area contributed by atoms with Crippen molar-refractivity contribution in [2.75, 3.05) is 20.1 Å². The Hall–Kier alpha value is -2.38. The molecule has 0 fully saturated rings. The molecule has 0 saturated heterocycles. The molecular weight excluding hydrogens is 306 g/mol. The molecule has 0 aromatic carbocycles. The van der Waals surface area contributed by atoms with E-state index in [1.165, 1.54) is 0 Å². The molecule has 2 aromatic heterocycles. The topological polar surface area (TPSA) is 84.4 Å². The van der Waals surface area contributed by atoms with Crippen LogP contribution in [0.5, 0.6) is 0 Å². The lowest BCUT2D eigenvalue weighted by molar-refractivity contribution is 0.372. The highest BCUT2D eigenvalue weighted by Gasteiger charge is 2.10. The van der Waals surface area contributed by atoms with Crippen LogP contribution in [0.2, 0.25) is 0 Å². The number of rotatable bonds is 7. The third-order valence-corrected chi connectivity index (χ3v) is 3.46. The van der Waals surface area contributed by atoms with E-state index in [-0.39, 0.29) is 5.92 Å². The molecule has 0 aliphatic rings. The molecule has 2 aromatic rings. The highest BCUT2D eigenvalue weighted by Crippen LogP contribution is 2.10. The van der Waals surface area contributed by atoms with Crippen LogP contribution < -0.4 is 5.32 Å². The zero-order chi connectivity index (χ0) is 17.5. The Bertz CT molecular complexity index is 659. The van der Waals surface area contributed by atoms with Crippen LogP contribution in [-0.2, 0) is 20.0 Å². The highest BCUT2D eigenvalue weighted by molar-refractivity contribution is 5.79. The van der Waals surface area contributed by atoms with E-state index in [0.29, 0.717) is 18.9 Å². The second kappa shape index (κ2) is 8.47. The van der Waals surface area contributed by atoms with Crippen molar-refractivity contribution in [2.45, 2.75) is 39.7 Å². The molecule has 0 amide bonds. The van der Waals surface area contributed by atoms with Gasteiger partial charge in [0.2, 0.25) is 5.89 Å². The van der Waals surface area contributed by atoms with Gasteiger partial charge in [-0.05, 0) is 6.92 Å². The third kappa shape index (κ3) is 5.07. The van der Waals surface area contributed by atoms with Crippen molar-refractivity contribution in [1.29, 1.82) is 0 Å². The maximum atomic E-state index is 5.25. The van der Waals surface area contributed by atoms with Gasteiger partial charge in [0.15, 0.2) is 11.8 Å². The highest BCUT2D eigenvalue weighted by atomic mass is 16.5. The van der Waals surface area contributed by atoms with Crippen molar-refractivity contribution < 1.29 is 4.52 Å². The maximum absolute atomic E-state index is 5.25. The summed E-state index contributed by atoms with van der Waals surface area (Å²) < 4.78 is 7.05. The van der Waals surface area contributed by atoms with Crippen LogP contribution in [0.15, 0.2) is 21.9 Å². The standard InChI is InChI=1S/C16H27N7O/c1-6-17-16(22(4)10-13-9-19-23(5)11-13)18-8-7-14-20-15(12(2)3)21-24-14/h9,11-12H,6-8,10H2,1-5H3,(H,17,18). The van der Waals surface area contributed by atoms with E-state index >= 15 is 0 Å². The van der Waals surface area contributed by atoms with Crippen LogP contribution in [0.3, 0.4) is 0 Å². The van der Waals surface area contributed by atoms with E-state index in [0.717, 1.165) is 30.4 Å². The minimum absolute atomic E-state index is 0.272. The fourth-order valence-electron chi connectivity index (χ4n) is 2.23. The quantitative estimate of drug-likeness (QED) is 0.611. The molecule has 0 saturated carbocycles. The van der Waals surface area contributed by atoms with Gasteiger partial charge in [-0.2, -0.15) is 10.1 Å². The number of nitrogens with one attached hydrogen (secondary N) is 1. The molecule has 132 valence electrons. The zero-order valence-corrected chi connectivity index (χ0v) is 15.2. The molecule has 2 heterocycles. The van der Waals surface area contributed by atoms with Gasteiger partial charge < -0.3 is 14.7 Å². The predicted octanol–water partition coefficient (Wildman–Crippen LogP) is 1.57. The molecule has 0 spiro atoms. The summed E-state index contributed by atoms with van der Waals surface area (Å²) in [4.78, 5) is 11.1. The summed E-state index contributed by atoms with van der Waals surface area (Å²) in [5.74, 6) is 2.50. The number of aliphatic imine (C=N–C) groups is 1. The van der Waals surface area contributed by atoms with Crippen LogP contribution in [-0.4, -0.2) is 50.9 Å². The Balaban J connectivity index is 1.93. The van der Waals surface area contributed by atoms with Gasteiger partial charge in [0.1, 0.15) is 0 Å². The summed E-state index contributed by atoms with van der Waals surface area (Å²) in [6, 6.07) is 0. The van der Waals surface area contributed by atoms with Crippen molar-refractivity contribution >= 4 is 5.96 Å². The summed E-state index contributed by atoms with van der Waals surface area (Å²) in [7, 11) is 3.93. The summed E-state index contributed by atoms with van der Waals surface area (Å²) in [5.41, 5.74) is 1.14. The molecule has 2 rings (SSSR count). The van der Waals surface area contributed by atoms with E-state index in [2.05, 4.69) is 37.4 Å². The Morgan fingerprint density at radius 1 is 1.46 bits per heavy atom. The summed E-state index contributed by atoms with van der Waals surface area (Å²) in [6.07, 6.45) is 4.51. The molecule has 0 unspecified atom stereocenters. The smallest absolute Gasteiger partial charge is 0.228 e. The molecule has 24 heavy (non-hydrogen) atoms. The maximum Gasteiger partial charge on any atom is 0.228 e. The lowest BCUT2D eigenvalue weighted by Crippen LogP contribution is -2.38. The summed E-state index contributed by atoms with van der Waals surface area (Å²) in [5, 5.41) is 11.5. The van der Waals surface area contributed by atoms with E-state index in [1.807, 2.05) is 40.3 Å². The summed E-state index contributed by atoms with van der Waals surface area (Å²) in [6.45, 7) is 8.30. The van der Waals surface area contributed by atoms with Gasteiger partial charge in [0, 0.05) is 51.3 Å². The van der Waals surface area contributed by atoms with Crippen molar-refractivity contribution in [1.82, 2.24) is 30.1 Å². The minimum Gasteiger partial charge on any atom is -0.357 e. The van der Waals surface area contributed by atoms with Crippen molar-refractivity contribution in [3.8, 4) is 0 Å². The van der Waals surface area contributed by atoms with Crippen LogP contribution in [0.25, 0.3) is 0 Å². The molecule has 0 aliphatic carbocycles. The first-order valence-electron chi connectivity index (χ1n) is 8.29. The number of guanidine groups is 1. The Labute approximate surface area is 143 Å². The third-order valence-electron chi connectivity index (χ3n) is 3.46. The number of aryl methyl sites for hydroxylation is 1. The monoisotopic (exact) mass is 333 g/mol. The zero-order valence-electron chi connectivity index (χ0n) is 15.2. The van der Waals surface area contributed by atoms with Gasteiger partial charge in [-0.1, -0.05) is 19.0 Å². The van der Waals surface area contributed by atoms with E-state index < -0.39 is 0 Å². The van der Waals surface area contributed by atoms with Crippen LogP contribution in [0.4, 0.5) is 0 Å². The first kappa shape index (κ1) is 18.0. The lowest BCUT2D eigenvalue weighted by atomic mass is 10.2. The van der Waals surface area contributed by atoms with E-state index in [4.69, 9.17) is 4.52 Å². The summed E-state index contributed by atoms with van der Waals surface area (Å²) >= 11 is 0. The van der Waals surface area contributed by atoms with Crippen molar-refractivity contribution in [2.24, 2.45) is 12.0 Å². The van der Waals surface area contributed by atoms with E-state index in [9.17, 15) is 0 Å². The molecule has 1 N–H and O–H groups in total. The number of aromatic nitrogens is 4. The SMILES string of the molecule is CCNC(=NCCc1nc(C(C)C)no1)N(C)Cc1cnn(C)c1. The average Bonchev–Trinajstić information content (AvgIpc) is 3.15. The second-order valence-electron chi connectivity index (χ2n) is 6.06. The van der Waals surface area contributed by atoms with Crippen molar-refractivity contribution in [3.05, 3.63) is 29.7 Å². The van der Waals surface area contributed by atoms with Gasteiger partial charge in [-0.15, -0.1) is 0 Å². The fraction of sp³-hybridized carbons (Fsp3) is 0.625. The van der Waals surface area contributed by atoms with Crippen LogP contribution in [0, 0.1) is 0 Å². The number of hydrogen-bond acceptors (Lipinski definition) is 5. The molecule has 8 heteroatoms. The first-order chi connectivity index (χ1) is 11.5. The average molecular weight is 333 g/mol. The van der Waals surface area contributed by atoms with Gasteiger partial charge in [-0.3, -0.25) is 9.67 Å². The molecule has 0 atom stereocenters. The van der Waals surface area contributed by atoms with Gasteiger partial charge in [0.25, 0.3) is 0 Å². The van der Waals surface area contributed by atoms with Crippen LogP contribution in [0.1, 0.15) is 44.0 Å². The van der Waals surface area contributed by atoms with Gasteiger partial charge in [-0.25, -0.2) is 0 Å². The van der Waals surface area contributed by atoms with E-state index in [1.54, 1.807) is 4.68 Å². The molecular formula is C16H27N7O. The first-order valence-corrected chi connectivity index (χ1v) is 8.29.